The smallest absolute Gasteiger partial charge is 0.303 e. The van der Waals surface area contributed by atoms with Gasteiger partial charge in [-0.15, -0.1) is 0 Å². The highest BCUT2D eigenvalue weighted by molar-refractivity contribution is 5.87. The number of epoxide rings is 1. The van der Waals surface area contributed by atoms with Crippen LogP contribution in [0.5, 0.6) is 0 Å². The second-order valence-corrected chi connectivity index (χ2v) is 11.7. The molecule has 3 saturated heterocycles. The van der Waals surface area contributed by atoms with Crippen LogP contribution in [0, 0.1) is 5.92 Å². The van der Waals surface area contributed by atoms with Crippen LogP contribution in [0.15, 0.2) is 36.0 Å². The predicted octanol–water partition coefficient (Wildman–Crippen LogP) is 3.92. The lowest BCUT2D eigenvalue weighted by molar-refractivity contribution is -0.143. The largest absolute Gasteiger partial charge is 0.459 e. The van der Waals surface area contributed by atoms with E-state index in [9.17, 15) is 14.4 Å². The van der Waals surface area contributed by atoms with Crippen molar-refractivity contribution >= 4 is 17.8 Å². The molecule has 3 heterocycles. The Morgan fingerprint density at radius 2 is 1.88 bits per heavy atom. The van der Waals surface area contributed by atoms with Crippen molar-refractivity contribution in [2.45, 2.75) is 122 Å². The van der Waals surface area contributed by atoms with E-state index in [-0.39, 0.29) is 59.8 Å². The maximum absolute atomic E-state index is 12.4. The number of hydrogen-bond donors (Lipinski definition) is 2. The van der Waals surface area contributed by atoms with E-state index in [4.69, 9.17) is 18.9 Å². The molecule has 0 saturated carbocycles. The zero-order chi connectivity index (χ0) is 29.3. The summed E-state index contributed by atoms with van der Waals surface area (Å²) in [4.78, 5) is 35.3. The van der Waals surface area contributed by atoms with Crippen molar-refractivity contribution in [2.24, 2.45) is 5.92 Å². The predicted molar refractivity (Wildman–Crippen MR) is 152 cm³/mol. The van der Waals surface area contributed by atoms with Crippen LogP contribution in [0.3, 0.4) is 0 Å². The van der Waals surface area contributed by atoms with Crippen LogP contribution in [-0.4, -0.2) is 73.1 Å². The molecule has 0 bridgehead atoms. The highest BCUT2D eigenvalue weighted by Gasteiger charge is 2.51. The van der Waals surface area contributed by atoms with E-state index < -0.39 is 6.10 Å². The fourth-order valence-corrected chi connectivity index (χ4v) is 5.42. The highest BCUT2D eigenvalue weighted by atomic mass is 16.6. The molecule has 0 aromatic carbocycles. The lowest BCUT2D eigenvalue weighted by atomic mass is 9.88. The summed E-state index contributed by atoms with van der Waals surface area (Å²) < 4.78 is 23.3. The zero-order valence-corrected chi connectivity index (χ0v) is 24.9. The number of carbonyl (C=O) groups excluding carboxylic acids is 3. The first-order valence-electron chi connectivity index (χ1n) is 14.7. The third-order valence-corrected chi connectivity index (χ3v) is 7.76. The summed E-state index contributed by atoms with van der Waals surface area (Å²) in [5.41, 5.74) is 1.04. The van der Waals surface area contributed by atoms with Crippen molar-refractivity contribution in [3.63, 3.8) is 0 Å². The maximum atomic E-state index is 12.4. The molecule has 0 aromatic rings. The van der Waals surface area contributed by atoms with Gasteiger partial charge in [0, 0.05) is 38.8 Å². The Labute approximate surface area is 239 Å². The van der Waals surface area contributed by atoms with Gasteiger partial charge in [-0.1, -0.05) is 37.6 Å². The van der Waals surface area contributed by atoms with Gasteiger partial charge in [0.1, 0.15) is 6.10 Å². The van der Waals surface area contributed by atoms with Crippen molar-refractivity contribution in [3.05, 3.63) is 36.0 Å². The summed E-state index contributed by atoms with van der Waals surface area (Å²) in [6, 6.07) is -0.0856. The SMILES string of the molecule is CCCC(=O)NC[C@@H]1C[C@@]2(CO2)C[C@@H](/C=C/C(C)=C/C[C@@H]2O[C@H](C)[C@H](NC(=O)C=CC(C)OC(C)=O)C[C@@H]2C)O1. The number of hydrogen-bond acceptors (Lipinski definition) is 7. The van der Waals surface area contributed by atoms with E-state index in [1.54, 1.807) is 13.0 Å². The summed E-state index contributed by atoms with van der Waals surface area (Å²) >= 11 is 0. The molecule has 3 fully saturated rings. The molecular weight excluding hydrogens is 512 g/mol. The van der Waals surface area contributed by atoms with Gasteiger partial charge < -0.3 is 29.6 Å². The first kappa shape index (κ1) is 32.0. The number of allylic oxidation sites excluding steroid dienone is 2. The van der Waals surface area contributed by atoms with Crippen molar-refractivity contribution in [1.82, 2.24) is 10.6 Å². The Balaban J connectivity index is 1.45. The van der Waals surface area contributed by atoms with Crippen molar-refractivity contribution < 1.29 is 33.3 Å². The number of carbonyl (C=O) groups is 3. The van der Waals surface area contributed by atoms with Crippen molar-refractivity contribution in [2.75, 3.05) is 13.2 Å². The van der Waals surface area contributed by atoms with Gasteiger partial charge in [-0.3, -0.25) is 14.4 Å². The Morgan fingerprint density at radius 1 is 1.12 bits per heavy atom. The van der Waals surface area contributed by atoms with Crippen molar-refractivity contribution in [3.8, 4) is 0 Å². The number of esters is 1. The Bertz CT molecular complexity index is 971. The molecule has 3 aliphatic rings. The molecule has 3 rings (SSSR count). The van der Waals surface area contributed by atoms with Gasteiger partial charge in [-0.25, -0.2) is 0 Å². The van der Waals surface area contributed by atoms with Gasteiger partial charge in [0.25, 0.3) is 0 Å². The monoisotopic (exact) mass is 560 g/mol. The molecular formula is C31H48N2O7. The molecule has 8 atom stereocenters. The van der Waals surface area contributed by atoms with E-state index in [2.05, 4.69) is 42.7 Å². The maximum Gasteiger partial charge on any atom is 0.303 e. The van der Waals surface area contributed by atoms with E-state index >= 15 is 0 Å². The molecule has 3 aliphatic heterocycles. The van der Waals surface area contributed by atoms with Crippen LogP contribution in [0.25, 0.3) is 0 Å². The zero-order valence-electron chi connectivity index (χ0n) is 24.9. The molecule has 9 nitrogen and oxygen atoms in total. The molecule has 0 radical (unpaired) electrons. The summed E-state index contributed by atoms with van der Waals surface area (Å²) in [7, 11) is 0. The van der Waals surface area contributed by atoms with Crippen LogP contribution in [0.2, 0.25) is 0 Å². The Kier molecular flexibility index (Phi) is 12.0. The van der Waals surface area contributed by atoms with Crippen LogP contribution < -0.4 is 10.6 Å². The minimum absolute atomic E-state index is 0.0461. The second kappa shape index (κ2) is 14.9. The van der Waals surface area contributed by atoms with Crippen LogP contribution in [0.4, 0.5) is 0 Å². The standard InChI is InChI=1S/C31H48N2O7/c1-7-8-29(35)32-18-26-17-31(19-37-31)16-25(40-26)12-9-20(2)10-13-28-21(3)15-27(23(5)39-28)33-30(36)14-11-22(4)38-24(6)34/h9-12,14,21-23,25-28H,7-8,13,15-19H2,1-6H3,(H,32,35)(H,33,36)/b12-9+,14-11?,20-10+/t21-,22?,23+,25+,26-,27+,28-,31+/m0/s1. The first-order chi connectivity index (χ1) is 19.0. The molecule has 224 valence electrons. The van der Waals surface area contributed by atoms with Gasteiger partial charge in [-0.2, -0.15) is 0 Å². The Hall–Kier alpha value is -2.49. The number of rotatable bonds is 12. The third-order valence-electron chi connectivity index (χ3n) is 7.76. The lowest BCUT2D eigenvalue weighted by Gasteiger charge is -2.39. The topological polar surface area (TPSA) is 115 Å². The summed E-state index contributed by atoms with van der Waals surface area (Å²) in [6.45, 7) is 12.5. The van der Waals surface area contributed by atoms with Gasteiger partial charge in [0.2, 0.25) is 11.8 Å². The molecule has 2 amide bonds. The van der Waals surface area contributed by atoms with Crippen LogP contribution in [-0.2, 0) is 33.3 Å². The van der Waals surface area contributed by atoms with E-state index in [0.29, 0.717) is 13.0 Å². The molecule has 1 spiro atoms. The lowest BCUT2D eigenvalue weighted by Crippen LogP contribution is -2.50. The number of nitrogens with one attached hydrogen (secondary N) is 2. The molecule has 0 aromatic heterocycles. The van der Waals surface area contributed by atoms with Gasteiger partial charge >= 0.3 is 5.97 Å². The number of amides is 2. The van der Waals surface area contributed by atoms with E-state index in [1.165, 1.54) is 13.0 Å². The minimum Gasteiger partial charge on any atom is -0.459 e. The molecule has 9 heteroatoms. The number of ether oxygens (including phenoxy) is 4. The fraction of sp³-hybridized carbons (Fsp3) is 0.710. The van der Waals surface area contributed by atoms with E-state index in [1.807, 2.05) is 13.8 Å². The average Bonchev–Trinajstić information content (AvgIpc) is 3.63. The first-order valence-corrected chi connectivity index (χ1v) is 14.7. The van der Waals surface area contributed by atoms with Gasteiger partial charge in [0.05, 0.1) is 42.7 Å². The second-order valence-electron chi connectivity index (χ2n) is 11.7. The van der Waals surface area contributed by atoms with E-state index in [0.717, 1.165) is 44.3 Å². The average molecular weight is 561 g/mol. The van der Waals surface area contributed by atoms with Crippen LogP contribution in [0.1, 0.15) is 80.1 Å². The molecule has 1 unspecified atom stereocenters. The van der Waals surface area contributed by atoms with Gasteiger partial charge in [-0.05, 0) is 52.0 Å². The van der Waals surface area contributed by atoms with Crippen molar-refractivity contribution in [1.29, 1.82) is 0 Å². The summed E-state index contributed by atoms with van der Waals surface area (Å²) in [5.74, 6) is -0.262. The minimum atomic E-state index is -0.455. The highest BCUT2D eigenvalue weighted by Crippen LogP contribution is 2.42. The van der Waals surface area contributed by atoms with Gasteiger partial charge in [0.15, 0.2) is 0 Å². The summed E-state index contributed by atoms with van der Waals surface area (Å²) in [5, 5.41) is 6.01. The molecule has 0 aliphatic carbocycles. The molecule has 2 N–H and O–H groups in total. The fourth-order valence-electron chi connectivity index (χ4n) is 5.42. The molecule has 40 heavy (non-hydrogen) atoms. The third kappa shape index (κ3) is 10.5. The van der Waals surface area contributed by atoms with Crippen LogP contribution >= 0.6 is 0 Å². The quantitative estimate of drug-likeness (QED) is 0.161. The Morgan fingerprint density at radius 3 is 2.55 bits per heavy atom. The summed E-state index contributed by atoms with van der Waals surface area (Å²) in [6.07, 6.45) is 13.4. The normalized spacial score (nSPS) is 33.2.